The highest BCUT2D eigenvalue weighted by Gasteiger charge is 2.40. The van der Waals surface area contributed by atoms with Crippen molar-refractivity contribution in [1.82, 2.24) is 4.90 Å². The first-order valence-electron chi connectivity index (χ1n) is 7.37. The number of nitrogens with zero attached hydrogens (tertiary/aromatic N) is 1. The van der Waals surface area contributed by atoms with Gasteiger partial charge in [-0.1, -0.05) is 31.4 Å². The second-order valence-electron chi connectivity index (χ2n) is 6.16. The molecule has 0 spiro atoms. The largest absolute Gasteiger partial charge is 0.416 e. The van der Waals surface area contributed by atoms with Gasteiger partial charge in [-0.2, -0.15) is 13.2 Å². The lowest BCUT2D eigenvalue weighted by molar-refractivity contribution is -0.137. The van der Waals surface area contributed by atoms with Gasteiger partial charge in [-0.05, 0) is 44.6 Å². The first-order valence-corrected chi connectivity index (χ1v) is 7.37. The molecule has 1 atom stereocenters. The van der Waals surface area contributed by atoms with Gasteiger partial charge in [0.05, 0.1) is 5.56 Å². The Hall–Kier alpha value is -1.07. The number of rotatable bonds is 3. The van der Waals surface area contributed by atoms with Crippen LogP contribution in [0.4, 0.5) is 13.2 Å². The lowest BCUT2D eigenvalue weighted by Crippen LogP contribution is -2.53. The van der Waals surface area contributed by atoms with Gasteiger partial charge in [0, 0.05) is 11.6 Å². The second-order valence-corrected chi connectivity index (χ2v) is 6.16. The molecule has 1 aliphatic rings. The standard InChI is InChI=1S/C16H23F3N2/c1-21(2)15(10-4-3-5-11-15)14(20)12-6-8-13(9-7-12)16(17,18)19/h6-9,14H,3-5,10-11,20H2,1-2H3. The van der Waals surface area contributed by atoms with Crippen molar-refractivity contribution >= 4 is 0 Å². The maximum Gasteiger partial charge on any atom is 0.416 e. The van der Waals surface area contributed by atoms with E-state index in [2.05, 4.69) is 4.90 Å². The van der Waals surface area contributed by atoms with Crippen LogP contribution < -0.4 is 5.73 Å². The first kappa shape index (κ1) is 16.3. The quantitative estimate of drug-likeness (QED) is 0.915. The van der Waals surface area contributed by atoms with E-state index in [4.69, 9.17) is 5.73 Å². The molecule has 0 bridgehead atoms. The Morgan fingerprint density at radius 3 is 2.00 bits per heavy atom. The Bertz CT molecular complexity index is 459. The molecule has 1 saturated carbocycles. The Morgan fingerprint density at radius 1 is 1.05 bits per heavy atom. The maximum absolute atomic E-state index is 12.6. The van der Waals surface area contributed by atoms with Crippen molar-refractivity contribution in [3.05, 3.63) is 35.4 Å². The number of nitrogens with two attached hydrogens (primary N) is 1. The topological polar surface area (TPSA) is 29.3 Å². The minimum absolute atomic E-state index is 0.155. The molecule has 2 rings (SSSR count). The van der Waals surface area contributed by atoms with E-state index in [0.717, 1.165) is 43.4 Å². The molecule has 0 aliphatic heterocycles. The zero-order chi connectivity index (χ0) is 15.7. The van der Waals surface area contributed by atoms with Crippen LogP contribution in [-0.2, 0) is 6.18 Å². The monoisotopic (exact) mass is 300 g/mol. The molecule has 0 saturated heterocycles. The summed E-state index contributed by atoms with van der Waals surface area (Å²) >= 11 is 0. The third-order valence-electron chi connectivity index (χ3n) is 4.79. The van der Waals surface area contributed by atoms with Gasteiger partial charge in [0.1, 0.15) is 0 Å². The van der Waals surface area contributed by atoms with E-state index in [1.54, 1.807) is 0 Å². The van der Waals surface area contributed by atoms with E-state index in [-0.39, 0.29) is 11.6 Å². The van der Waals surface area contributed by atoms with Crippen molar-refractivity contribution in [3.63, 3.8) is 0 Å². The number of benzene rings is 1. The van der Waals surface area contributed by atoms with Gasteiger partial charge in [0.25, 0.3) is 0 Å². The fraction of sp³-hybridized carbons (Fsp3) is 0.625. The number of hydrogen-bond donors (Lipinski definition) is 1. The number of likely N-dealkylation sites (N-methyl/N-ethyl adjacent to an activating group) is 1. The van der Waals surface area contributed by atoms with Crippen molar-refractivity contribution in [2.45, 2.75) is 49.9 Å². The molecular weight excluding hydrogens is 277 g/mol. The molecule has 1 fully saturated rings. The lowest BCUT2D eigenvalue weighted by atomic mass is 9.73. The zero-order valence-corrected chi connectivity index (χ0v) is 12.6. The van der Waals surface area contributed by atoms with E-state index in [1.807, 2.05) is 14.1 Å². The van der Waals surface area contributed by atoms with Gasteiger partial charge in [0.2, 0.25) is 0 Å². The third kappa shape index (κ3) is 3.24. The number of hydrogen-bond acceptors (Lipinski definition) is 2. The van der Waals surface area contributed by atoms with Gasteiger partial charge >= 0.3 is 6.18 Å². The molecule has 2 nitrogen and oxygen atoms in total. The van der Waals surface area contributed by atoms with Crippen LogP contribution in [0.3, 0.4) is 0 Å². The van der Waals surface area contributed by atoms with Gasteiger partial charge < -0.3 is 10.6 Å². The summed E-state index contributed by atoms with van der Waals surface area (Å²) in [6.45, 7) is 0. The van der Waals surface area contributed by atoms with Crippen molar-refractivity contribution in [3.8, 4) is 0 Å². The van der Waals surface area contributed by atoms with Crippen LogP contribution >= 0.6 is 0 Å². The summed E-state index contributed by atoms with van der Waals surface area (Å²) < 4.78 is 37.9. The number of halogens is 3. The molecule has 0 heterocycles. The van der Waals surface area contributed by atoms with Gasteiger partial charge in [-0.3, -0.25) is 0 Å². The molecule has 0 radical (unpaired) electrons. The van der Waals surface area contributed by atoms with Crippen molar-refractivity contribution in [2.75, 3.05) is 14.1 Å². The van der Waals surface area contributed by atoms with E-state index in [9.17, 15) is 13.2 Å². The SMILES string of the molecule is CN(C)C1(C(N)c2ccc(C(F)(F)F)cc2)CCCCC1. The molecule has 118 valence electrons. The molecule has 0 amide bonds. The summed E-state index contributed by atoms with van der Waals surface area (Å²) in [6, 6.07) is 5.03. The normalized spacial score (nSPS) is 20.5. The molecule has 5 heteroatoms. The lowest BCUT2D eigenvalue weighted by Gasteiger charge is -2.47. The summed E-state index contributed by atoms with van der Waals surface area (Å²) in [6.07, 6.45) is 1.12. The average Bonchev–Trinajstić information content (AvgIpc) is 2.46. The molecule has 2 N–H and O–H groups in total. The van der Waals surface area contributed by atoms with Crippen LogP contribution in [0.1, 0.15) is 49.3 Å². The van der Waals surface area contributed by atoms with Crippen molar-refractivity contribution in [2.24, 2.45) is 5.73 Å². The fourth-order valence-electron chi connectivity index (χ4n) is 3.39. The van der Waals surface area contributed by atoms with Crippen LogP contribution in [-0.4, -0.2) is 24.5 Å². The predicted octanol–water partition coefficient (Wildman–Crippen LogP) is 3.97. The average molecular weight is 300 g/mol. The van der Waals surface area contributed by atoms with E-state index < -0.39 is 11.7 Å². The Balaban J connectivity index is 2.27. The summed E-state index contributed by atoms with van der Waals surface area (Å²) in [5.74, 6) is 0. The maximum atomic E-state index is 12.6. The molecule has 1 aliphatic carbocycles. The summed E-state index contributed by atoms with van der Waals surface area (Å²) in [7, 11) is 4.02. The Labute approximate surface area is 124 Å². The minimum Gasteiger partial charge on any atom is -0.322 e. The van der Waals surface area contributed by atoms with Crippen molar-refractivity contribution < 1.29 is 13.2 Å². The summed E-state index contributed by atoms with van der Waals surface area (Å²) in [5.41, 5.74) is 6.44. The van der Waals surface area contributed by atoms with Crippen molar-refractivity contribution in [1.29, 1.82) is 0 Å². The van der Waals surface area contributed by atoms with E-state index >= 15 is 0 Å². The molecular formula is C16H23F3N2. The smallest absolute Gasteiger partial charge is 0.322 e. The van der Waals surface area contributed by atoms with Gasteiger partial charge in [-0.15, -0.1) is 0 Å². The third-order valence-corrected chi connectivity index (χ3v) is 4.79. The predicted molar refractivity (Wildman–Crippen MR) is 77.9 cm³/mol. The zero-order valence-electron chi connectivity index (χ0n) is 12.6. The molecule has 21 heavy (non-hydrogen) atoms. The summed E-state index contributed by atoms with van der Waals surface area (Å²) in [4.78, 5) is 2.15. The van der Waals surface area contributed by atoms with Crippen LogP contribution in [0.5, 0.6) is 0 Å². The van der Waals surface area contributed by atoms with Gasteiger partial charge in [-0.25, -0.2) is 0 Å². The van der Waals surface area contributed by atoms with Crippen LogP contribution in [0, 0.1) is 0 Å². The molecule has 0 aromatic heterocycles. The highest BCUT2D eigenvalue weighted by Crippen LogP contribution is 2.41. The Kier molecular flexibility index (Phi) is 4.63. The van der Waals surface area contributed by atoms with E-state index in [1.165, 1.54) is 18.6 Å². The summed E-state index contributed by atoms with van der Waals surface area (Å²) in [5, 5.41) is 0. The van der Waals surface area contributed by atoms with Gasteiger partial charge in [0.15, 0.2) is 0 Å². The van der Waals surface area contributed by atoms with Crippen LogP contribution in [0.25, 0.3) is 0 Å². The highest BCUT2D eigenvalue weighted by molar-refractivity contribution is 5.29. The van der Waals surface area contributed by atoms with E-state index in [0.29, 0.717) is 0 Å². The fourth-order valence-corrected chi connectivity index (χ4v) is 3.39. The Morgan fingerprint density at radius 2 is 1.57 bits per heavy atom. The highest BCUT2D eigenvalue weighted by atomic mass is 19.4. The molecule has 1 aromatic rings. The minimum atomic E-state index is -4.30. The first-order chi connectivity index (χ1) is 9.77. The second kappa shape index (κ2) is 5.97. The number of alkyl halides is 3. The van der Waals surface area contributed by atoms with Crippen LogP contribution in [0.15, 0.2) is 24.3 Å². The molecule has 1 aromatic carbocycles. The van der Waals surface area contributed by atoms with Crippen LogP contribution in [0.2, 0.25) is 0 Å². The molecule has 1 unspecified atom stereocenters.